The first kappa shape index (κ1) is 17.6. The Kier molecular flexibility index (Phi) is 6.06. The highest BCUT2D eigenvalue weighted by atomic mass is 16.5. The second-order valence-corrected chi connectivity index (χ2v) is 7.76. The Morgan fingerprint density at radius 1 is 1.12 bits per heavy atom. The van der Waals surface area contributed by atoms with Gasteiger partial charge in [0.25, 0.3) is 5.56 Å². The van der Waals surface area contributed by atoms with Gasteiger partial charge in [0.2, 0.25) is 0 Å². The second kappa shape index (κ2) is 8.26. The number of rotatable bonds is 5. The van der Waals surface area contributed by atoms with Crippen LogP contribution in [-0.4, -0.2) is 47.3 Å². The van der Waals surface area contributed by atoms with Crippen molar-refractivity contribution in [1.29, 1.82) is 0 Å². The van der Waals surface area contributed by atoms with Crippen molar-refractivity contribution in [2.75, 3.05) is 32.8 Å². The van der Waals surface area contributed by atoms with Crippen LogP contribution in [0.15, 0.2) is 17.2 Å². The SMILES string of the molecule is CC(C)c1cc(=O)n(CC2CCN(CC3CCOCC3)CC2)cn1. The van der Waals surface area contributed by atoms with Crippen LogP contribution in [0.1, 0.15) is 51.1 Å². The predicted molar refractivity (Wildman–Crippen MR) is 95.3 cm³/mol. The van der Waals surface area contributed by atoms with E-state index in [0.29, 0.717) is 11.8 Å². The highest BCUT2D eigenvalue weighted by molar-refractivity contribution is 5.04. The summed E-state index contributed by atoms with van der Waals surface area (Å²) in [5, 5.41) is 0. The summed E-state index contributed by atoms with van der Waals surface area (Å²) >= 11 is 0. The third-order valence-corrected chi connectivity index (χ3v) is 5.51. The van der Waals surface area contributed by atoms with E-state index in [1.165, 1.54) is 32.2 Å². The van der Waals surface area contributed by atoms with E-state index in [9.17, 15) is 4.79 Å². The molecular formula is C19H31N3O2. The normalized spacial score (nSPS) is 21.5. The molecule has 0 spiro atoms. The molecule has 0 radical (unpaired) electrons. The lowest BCUT2D eigenvalue weighted by Gasteiger charge is -2.35. The van der Waals surface area contributed by atoms with Gasteiger partial charge >= 0.3 is 0 Å². The summed E-state index contributed by atoms with van der Waals surface area (Å²) in [6.07, 6.45) is 6.53. The third kappa shape index (κ3) is 4.67. The zero-order valence-electron chi connectivity index (χ0n) is 15.1. The Morgan fingerprint density at radius 3 is 2.42 bits per heavy atom. The van der Waals surface area contributed by atoms with Crippen molar-refractivity contribution in [3.05, 3.63) is 28.4 Å². The fraction of sp³-hybridized carbons (Fsp3) is 0.789. The first-order valence-corrected chi connectivity index (χ1v) is 9.48. The Bertz CT molecular complexity index is 570. The van der Waals surface area contributed by atoms with Gasteiger partial charge in [0.15, 0.2) is 0 Å². The maximum absolute atomic E-state index is 12.2. The number of ether oxygens (including phenoxy) is 1. The van der Waals surface area contributed by atoms with Crippen molar-refractivity contribution < 1.29 is 4.74 Å². The van der Waals surface area contributed by atoms with Gasteiger partial charge in [0.1, 0.15) is 0 Å². The van der Waals surface area contributed by atoms with Gasteiger partial charge in [-0.05, 0) is 56.5 Å². The molecule has 0 aliphatic carbocycles. The van der Waals surface area contributed by atoms with Gasteiger partial charge in [0, 0.05) is 32.4 Å². The predicted octanol–water partition coefficient (Wildman–Crippen LogP) is 2.51. The quantitative estimate of drug-likeness (QED) is 0.831. The summed E-state index contributed by atoms with van der Waals surface area (Å²) in [6.45, 7) is 10.4. The Labute approximate surface area is 145 Å². The van der Waals surface area contributed by atoms with Gasteiger partial charge in [-0.3, -0.25) is 9.36 Å². The van der Waals surface area contributed by atoms with Gasteiger partial charge in [-0.1, -0.05) is 13.8 Å². The van der Waals surface area contributed by atoms with Crippen molar-refractivity contribution in [2.24, 2.45) is 11.8 Å². The van der Waals surface area contributed by atoms with Gasteiger partial charge < -0.3 is 9.64 Å². The van der Waals surface area contributed by atoms with E-state index < -0.39 is 0 Å². The number of nitrogens with zero attached hydrogens (tertiary/aromatic N) is 3. The molecule has 2 fully saturated rings. The van der Waals surface area contributed by atoms with Gasteiger partial charge in [-0.25, -0.2) is 4.98 Å². The molecule has 3 rings (SSSR count). The molecule has 5 nitrogen and oxygen atoms in total. The zero-order valence-corrected chi connectivity index (χ0v) is 15.1. The van der Waals surface area contributed by atoms with Crippen molar-refractivity contribution >= 4 is 0 Å². The zero-order chi connectivity index (χ0) is 16.9. The highest BCUT2D eigenvalue weighted by Crippen LogP contribution is 2.22. The molecule has 2 saturated heterocycles. The van der Waals surface area contributed by atoms with Crippen LogP contribution >= 0.6 is 0 Å². The number of hydrogen-bond donors (Lipinski definition) is 0. The lowest BCUT2D eigenvalue weighted by Crippen LogP contribution is -2.40. The monoisotopic (exact) mass is 333 g/mol. The van der Waals surface area contributed by atoms with Crippen LogP contribution in [0.3, 0.4) is 0 Å². The minimum atomic E-state index is 0.0957. The Balaban J connectivity index is 1.47. The summed E-state index contributed by atoms with van der Waals surface area (Å²) in [5.74, 6) is 1.71. The summed E-state index contributed by atoms with van der Waals surface area (Å²) in [5.41, 5.74) is 0.987. The van der Waals surface area contributed by atoms with Gasteiger partial charge in [-0.15, -0.1) is 0 Å². The van der Waals surface area contributed by atoms with Crippen LogP contribution in [0.2, 0.25) is 0 Å². The Hall–Kier alpha value is -1.20. The summed E-state index contributed by atoms with van der Waals surface area (Å²) < 4.78 is 7.25. The molecule has 5 heteroatoms. The van der Waals surface area contributed by atoms with E-state index in [-0.39, 0.29) is 5.56 Å². The van der Waals surface area contributed by atoms with Crippen LogP contribution in [0, 0.1) is 11.8 Å². The number of hydrogen-bond acceptors (Lipinski definition) is 4. The number of piperidine rings is 1. The minimum Gasteiger partial charge on any atom is -0.381 e. The molecule has 24 heavy (non-hydrogen) atoms. The van der Waals surface area contributed by atoms with Crippen LogP contribution in [0.25, 0.3) is 0 Å². The largest absolute Gasteiger partial charge is 0.381 e. The second-order valence-electron chi connectivity index (χ2n) is 7.76. The lowest BCUT2D eigenvalue weighted by molar-refractivity contribution is 0.0461. The molecule has 1 aromatic rings. The molecular weight excluding hydrogens is 302 g/mol. The van der Waals surface area contributed by atoms with Gasteiger partial charge in [0.05, 0.1) is 12.0 Å². The maximum Gasteiger partial charge on any atom is 0.253 e. The molecule has 0 saturated carbocycles. The molecule has 0 unspecified atom stereocenters. The van der Waals surface area contributed by atoms with Crippen molar-refractivity contribution in [3.8, 4) is 0 Å². The lowest BCUT2D eigenvalue weighted by atomic mass is 9.94. The molecule has 0 aromatic carbocycles. The topological polar surface area (TPSA) is 47.4 Å². The van der Waals surface area contributed by atoms with Crippen LogP contribution in [-0.2, 0) is 11.3 Å². The maximum atomic E-state index is 12.2. The fourth-order valence-electron chi connectivity index (χ4n) is 3.82. The number of aromatic nitrogens is 2. The molecule has 0 atom stereocenters. The summed E-state index contributed by atoms with van der Waals surface area (Å²) in [7, 11) is 0. The molecule has 0 bridgehead atoms. The van der Waals surface area contributed by atoms with Crippen LogP contribution in [0.5, 0.6) is 0 Å². The molecule has 3 heterocycles. The minimum absolute atomic E-state index is 0.0957. The molecule has 0 amide bonds. The van der Waals surface area contributed by atoms with Gasteiger partial charge in [-0.2, -0.15) is 0 Å². The van der Waals surface area contributed by atoms with Crippen molar-refractivity contribution in [3.63, 3.8) is 0 Å². The standard InChI is InChI=1S/C19H31N3O2/c1-15(2)18-11-19(23)22(14-20-18)13-16-3-7-21(8-4-16)12-17-5-9-24-10-6-17/h11,14-17H,3-10,12-13H2,1-2H3. The smallest absolute Gasteiger partial charge is 0.253 e. The van der Waals surface area contributed by atoms with E-state index >= 15 is 0 Å². The van der Waals surface area contributed by atoms with Crippen molar-refractivity contribution in [1.82, 2.24) is 14.5 Å². The van der Waals surface area contributed by atoms with E-state index in [1.807, 2.05) is 0 Å². The van der Waals surface area contributed by atoms with Crippen LogP contribution < -0.4 is 5.56 Å². The molecule has 2 aliphatic heterocycles. The Morgan fingerprint density at radius 2 is 1.79 bits per heavy atom. The first-order valence-electron chi connectivity index (χ1n) is 9.48. The van der Waals surface area contributed by atoms with E-state index in [4.69, 9.17) is 4.74 Å². The number of likely N-dealkylation sites (tertiary alicyclic amines) is 1. The average molecular weight is 333 g/mol. The molecule has 2 aliphatic rings. The average Bonchev–Trinajstić information content (AvgIpc) is 2.59. The molecule has 1 aromatic heterocycles. The van der Waals surface area contributed by atoms with Crippen LogP contribution in [0.4, 0.5) is 0 Å². The third-order valence-electron chi connectivity index (χ3n) is 5.51. The van der Waals surface area contributed by atoms with E-state index in [0.717, 1.165) is 44.5 Å². The molecule has 0 N–H and O–H groups in total. The summed E-state index contributed by atoms with van der Waals surface area (Å²) in [6, 6.07) is 1.70. The van der Waals surface area contributed by atoms with Crippen molar-refractivity contribution in [2.45, 2.75) is 52.0 Å². The van der Waals surface area contributed by atoms with E-state index in [2.05, 4.69) is 23.7 Å². The highest BCUT2D eigenvalue weighted by Gasteiger charge is 2.23. The first-order chi connectivity index (χ1) is 11.6. The molecule has 134 valence electrons. The summed E-state index contributed by atoms with van der Waals surface area (Å²) in [4.78, 5) is 19.3. The van der Waals surface area contributed by atoms with E-state index in [1.54, 1.807) is 17.0 Å². The fourth-order valence-corrected chi connectivity index (χ4v) is 3.82.